The second-order valence-electron chi connectivity index (χ2n) is 3.44. The van der Waals surface area contributed by atoms with Crippen molar-refractivity contribution in [2.45, 2.75) is 12.5 Å². The molecule has 90 valence electrons. The van der Waals surface area contributed by atoms with Gasteiger partial charge >= 0.3 is 5.97 Å². The van der Waals surface area contributed by atoms with Crippen molar-refractivity contribution >= 4 is 5.97 Å². The highest BCUT2D eigenvalue weighted by Gasteiger charge is 2.00. The fourth-order valence-corrected chi connectivity index (χ4v) is 1.28. The number of aliphatic hydroxyl groups excluding tert-OH is 1. The molecule has 1 atom stereocenters. The fraction of sp³-hybridized carbons (Fsp3) is 0.214. The third-order valence-corrected chi connectivity index (χ3v) is 2.19. The smallest absolute Gasteiger partial charge is 0.330 e. The molecule has 0 unspecified atom stereocenters. The van der Waals surface area contributed by atoms with E-state index in [0.29, 0.717) is 6.42 Å². The first-order valence-electron chi connectivity index (χ1n) is 5.38. The summed E-state index contributed by atoms with van der Waals surface area (Å²) in [5.41, 5.74) is 0.848. The van der Waals surface area contributed by atoms with Gasteiger partial charge in [-0.25, -0.2) is 4.79 Å². The number of hydrogen-bond acceptors (Lipinski definition) is 3. The van der Waals surface area contributed by atoms with Gasteiger partial charge in [0.05, 0.1) is 13.2 Å². The van der Waals surface area contributed by atoms with Crippen LogP contribution in [0.2, 0.25) is 0 Å². The Morgan fingerprint density at radius 1 is 1.35 bits per heavy atom. The first kappa shape index (κ1) is 13.2. The normalized spacial score (nSPS) is 13.1. The largest absolute Gasteiger partial charge is 0.466 e. The van der Waals surface area contributed by atoms with E-state index >= 15 is 0 Å². The summed E-state index contributed by atoms with van der Waals surface area (Å²) in [4.78, 5) is 10.7. The van der Waals surface area contributed by atoms with Crippen molar-refractivity contribution in [2.24, 2.45) is 0 Å². The Morgan fingerprint density at radius 2 is 2.06 bits per heavy atom. The molecule has 3 heteroatoms. The molecule has 1 rings (SSSR count). The number of hydrogen-bond donors (Lipinski definition) is 1. The molecule has 0 saturated heterocycles. The lowest BCUT2D eigenvalue weighted by Gasteiger charge is -2.04. The Balaban J connectivity index is 2.39. The van der Waals surface area contributed by atoms with E-state index in [1.807, 2.05) is 30.3 Å². The molecule has 1 aromatic carbocycles. The van der Waals surface area contributed by atoms with Crippen molar-refractivity contribution in [3.05, 3.63) is 60.2 Å². The Bertz CT molecular complexity index is 393. The van der Waals surface area contributed by atoms with Crippen LogP contribution in [0.25, 0.3) is 0 Å². The molecule has 0 aliphatic heterocycles. The zero-order valence-corrected chi connectivity index (χ0v) is 9.74. The maximum Gasteiger partial charge on any atom is 0.330 e. The van der Waals surface area contributed by atoms with Crippen molar-refractivity contribution in [2.75, 3.05) is 7.11 Å². The quantitative estimate of drug-likeness (QED) is 0.481. The molecular formula is C14H16O3. The number of rotatable bonds is 5. The second kappa shape index (κ2) is 7.41. The van der Waals surface area contributed by atoms with Crippen LogP contribution < -0.4 is 0 Å². The number of methoxy groups -OCH3 is 1. The zero-order valence-electron chi connectivity index (χ0n) is 9.74. The van der Waals surface area contributed by atoms with Crippen LogP contribution in [-0.4, -0.2) is 18.2 Å². The molecule has 0 aliphatic rings. The van der Waals surface area contributed by atoms with Gasteiger partial charge in [-0.05, 0) is 12.0 Å². The number of carbonyl (C=O) groups excluding carboxylic acids is 1. The van der Waals surface area contributed by atoms with Gasteiger partial charge in [0.2, 0.25) is 0 Å². The summed E-state index contributed by atoms with van der Waals surface area (Å²) in [7, 11) is 1.33. The molecule has 1 aromatic rings. The summed E-state index contributed by atoms with van der Waals surface area (Å²) in [6.45, 7) is 0. The summed E-state index contributed by atoms with van der Waals surface area (Å²) < 4.78 is 4.45. The number of benzene rings is 1. The van der Waals surface area contributed by atoms with E-state index in [1.165, 1.54) is 13.2 Å². The van der Waals surface area contributed by atoms with Crippen LogP contribution in [0, 0.1) is 0 Å². The van der Waals surface area contributed by atoms with Crippen LogP contribution in [0.3, 0.4) is 0 Å². The molecule has 0 radical (unpaired) electrons. The first-order valence-corrected chi connectivity index (χ1v) is 5.38. The second-order valence-corrected chi connectivity index (χ2v) is 3.44. The highest BCUT2D eigenvalue weighted by atomic mass is 16.5. The van der Waals surface area contributed by atoms with Gasteiger partial charge in [0.15, 0.2) is 0 Å². The molecule has 0 aromatic heterocycles. The molecule has 0 spiro atoms. The maximum atomic E-state index is 10.7. The van der Waals surface area contributed by atoms with E-state index in [-0.39, 0.29) is 5.97 Å². The molecule has 17 heavy (non-hydrogen) atoms. The lowest BCUT2D eigenvalue weighted by atomic mass is 10.1. The van der Waals surface area contributed by atoms with E-state index in [1.54, 1.807) is 18.2 Å². The number of ether oxygens (including phenoxy) is 1. The van der Waals surface area contributed by atoms with Crippen molar-refractivity contribution < 1.29 is 14.6 Å². The lowest BCUT2D eigenvalue weighted by molar-refractivity contribution is -0.134. The van der Waals surface area contributed by atoms with Crippen LogP contribution in [0.5, 0.6) is 0 Å². The van der Waals surface area contributed by atoms with Crippen LogP contribution in [0.4, 0.5) is 0 Å². The monoisotopic (exact) mass is 232 g/mol. The van der Waals surface area contributed by atoms with Gasteiger partial charge in [-0.1, -0.05) is 48.6 Å². The predicted molar refractivity (Wildman–Crippen MR) is 66.3 cm³/mol. The molecule has 0 heterocycles. The first-order chi connectivity index (χ1) is 8.24. The molecular weight excluding hydrogens is 216 g/mol. The molecule has 0 aliphatic carbocycles. The van der Waals surface area contributed by atoms with Gasteiger partial charge < -0.3 is 9.84 Å². The number of carbonyl (C=O) groups is 1. The van der Waals surface area contributed by atoms with Crippen LogP contribution in [0.1, 0.15) is 18.1 Å². The average molecular weight is 232 g/mol. The maximum absolute atomic E-state index is 10.7. The van der Waals surface area contributed by atoms with E-state index < -0.39 is 6.10 Å². The average Bonchev–Trinajstić information content (AvgIpc) is 2.38. The highest BCUT2D eigenvalue weighted by Crippen LogP contribution is 2.13. The summed E-state index contributed by atoms with van der Waals surface area (Å²) in [5, 5.41) is 9.77. The van der Waals surface area contributed by atoms with E-state index in [0.717, 1.165) is 5.56 Å². The molecule has 0 bridgehead atoms. The predicted octanol–water partition coefficient (Wildman–Crippen LogP) is 2.40. The standard InChI is InChI=1S/C14H16O3/c1-17-14(16)11-7-3-6-10-13(15)12-8-4-2-5-9-12/h2,4-11,13,15H,3H2,1H3/b10-6+,11-7-/t13-/m0/s1. The minimum Gasteiger partial charge on any atom is -0.466 e. The Morgan fingerprint density at radius 3 is 2.71 bits per heavy atom. The van der Waals surface area contributed by atoms with Crippen LogP contribution in [-0.2, 0) is 9.53 Å². The summed E-state index contributed by atoms with van der Waals surface area (Å²) in [5.74, 6) is -0.373. The fourth-order valence-electron chi connectivity index (χ4n) is 1.28. The summed E-state index contributed by atoms with van der Waals surface area (Å²) >= 11 is 0. The molecule has 0 saturated carbocycles. The Hall–Kier alpha value is -1.87. The van der Waals surface area contributed by atoms with Gasteiger partial charge in [0, 0.05) is 6.08 Å². The van der Waals surface area contributed by atoms with Crippen molar-refractivity contribution in [3.63, 3.8) is 0 Å². The van der Waals surface area contributed by atoms with Crippen LogP contribution in [0.15, 0.2) is 54.6 Å². The third kappa shape index (κ3) is 5.13. The topological polar surface area (TPSA) is 46.5 Å². The van der Waals surface area contributed by atoms with Crippen molar-refractivity contribution in [1.82, 2.24) is 0 Å². The van der Waals surface area contributed by atoms with E-state index in [2.05, 4.69) is 4.74 Å². The minimum atomic E-state index is -0.609. The molecule has 1 N–H and O–H groups in total. The lowest BCUT2D eigenvalue weighted by Crippen LogP contribution is -1.93. The molecule has 0 fully saturated rings. The third-order valence-electron chi connectivity index (χ3n) is 2.19. The van der Waals surface area contributed by atoms with Gasteiger partial charge in [0.25, 0.3) is 0 Å². The van der Waals surface area contributed by atoms with Gasteiger partial charge in [-0.2, -0.15) is 0 Å². The Kier molecular flexibility index (Phi) is 5.75. The molecule has 0 amide bonds. The Labute approximate surface area is 101 Å². The van der Waals surface area contributed by atoms with Gasteiger partial charge in [-0.3, -0.25) is 0 Å². The van der Waals surface area contributed by atoms with Gasteiger partial charge in [-0.15, -0.1) is 0 Å². The highest BCUT2D eigenvalue weighted by molar-refractivity contribution is 5.81. The van der Waals surface area contributed by atoms with Gasteiger partial charge in [0.1, 0.15) is 0 Å². The minimum absolute atomic E-state index is 0.373. The molecule has 3 nitrogen and oxygen atoms in total. The van der Waals surface area contributed by atoms with Crippen molar-refractivity contribution in [3.8, 4) is 0 Å². The van der Waals surface area contributed by atoms with Crippen LogP contribution >= 0.6 is 0 Å². The number of allylic oxidation sites excluding steroid dienone is 2. The number of esters is 1. The van der Waals surface area contributed by atoms with Crippen molar-refractivity contribution in [1.29, 1.82) is 0 Å². The summed E-state index contributed by atoms with van der Waals surface area (Å²) in [6, 6.07) is 9.38. The zero-order chi connectivity index (χ0) is 12.5. The van der Waals surface area contributed by atoms with E-state index in [9.17, 15) is 9.90 Å². The van der Waals surface area contributed by atoms with E-state index in [4.69, 9.17) is 0 Å². The SMILES string of the molecule is COC(=O)/C=C\C/C=C/[C@H](O)c1ccccc1. The number of aliphatic hydroxyl groups is 1. The summed E-state index contributed by atoms with van der Waals surface area (Å²) in [6.07, 6.45) is 6.51.